The van der Waals surface area contributed by atoms with E-state index in [0.29, 0.717) is 39.4 Å². The molecule has 2 N–H and O–H groups in total. The molecule has 2 aromatic carbocycles. The van der Waals surface area contributed by atoms with Crippen LogP contribution in [0, 0.1) is 0 Å². The van der Waals surface area contributed by atoms with E-state index in [4.69, 9.17) is 21.1 Å². The van der Waals surface area contributed by atoms with Gasteiger partial charge >= 0.3 is 12.0 Å². The minimum atomic E-state index is -0.497. The molecule has 4 aromatic heterocycles. The number of methoxy groups -OCH3 is 1. The Labute approximate surface area is 232 Å². The van der Waals surface area contributed by atoms with Gasteiger partial charge in [0.05, 0.1) is 42.8 Å². The van der Waals surface area contributed by atoms with Gasteiger partial charge < -0.3 is 20.1 Å². The summed E-state index contributed by atoms with van der Waals surface area (Å²) in [6, 6.07) is 15.6. The van der Waals surface area contributed by atoms with Crippen LogP contribution in [-0.2, 0) is 0 Å². The Morgan fingerprint density at radius 1 is 0.950 bits per heavy atom. The highest BCUT2D eigenvalue weighted by atomic mass is 35.5. The van der Waals surface area contributed by atoms with Crippen molar-refractivity contribution in [2.75, 3.05) is 17.7 Å². The largest absolute Gasteiger partial charge is 0.481 e. The number of nitrogens with one attached hydrogen (secondary N) is 2. The highest BCUT2D eigenvalue weighted by Gasteiger charge is 2.12. The third kappa shape index (κ3) is 5.24. The summed E-state index contributed by atoms with van der Waals surface area (Å²) < 4.78 is 14.3. The molecule has 40 heavy (non-hydrogen) atoms. The average Bonchev–Trinajstić information content (AvgIpc) is 3.65. The maximum atomic E-state index is 12.6. The lowest BCUT2D eigenvalue weighted by molar-refractivity contribution is 0.262. The SMILES string of the molecule is COc1ccn2ncc(-c3ccc(Oc4ncc(NC(=O)Nc5cc(Cl)ccc5-n5cccn5)cn4)cc3)c2n1. The summed E-state index contributed by atoms with van der Waals surface area (Å²) in [5.74, 6) is 1.04. The summed E-state index contributed by atoms with van der Waals surface area (Å²) >= 11 is 6.13. The number of anilines is 2. The fourth-order valence-electron chi connectivity index (χ4n) is 3.92. The molecule has 0 spiro atoms. The zero-order valence-electron chi connectivity index (χ0n) is 20.9. The number of fused-ring (bicyclic) bond motifs is 1. The molecule has 0 saturated heterocycles. The van der Waals surface area contributed by atoms with Crippen LogP contribution in [-0.4, -0.2) is 47.5 Å². The Bertz CT molecular complexity index is 1790. The summed E-state index contributed by atoms with van der Waals surface area (Å²) in [4.78, 5) is 25.5. The van der Waals surface area contributed by atoms with Crippen LogP contribution in [0.1, 0.15) is 0 Å². The molecule has 0 aliphatic heterocycles. The van der Waals surface area contributed by atoms with Crippen LogP contribution in [0.3, 0.4) is 0 Å². The van der Waals surface area contributed by atoms with E-state index in [9.17, 15) is 4.79 Å². The number of halogens is 1. The third-order valence-corrected chi connectivity index (χ3v) is 6.01. The lowest BCUT2D eigenvalue weighted by Gasteiger charge is -2.12. The fourth-order valence-corrected chi connectivity index (χ4v) is 4.09. The van der Waals surface area contributed by atoms with E-state index in [0.717, 1.165) is 11.1 Å². The smallest absolute Gasteiger partial charge is 0.323 e. The molecule has 6 rings (SSSR count). The minimum absolute atomic E-state index is 0.122. The first-order valence-corrected chi connectivity index (χ1v) is 12.3. The molecule has 12 nitrogen and oxygen atoms in total. The first-order chi connectivity index (χ1) is 19.6. The number of aromatic nitrogens is 7. The summed E-state index contributed by atoms with van der Waals surface area (Å²) in [7, 11) is 1.57. The molecule has 0 unspecified atom stereocenters. The molecule has 0 saturated carbocycles. The number of urea groups is 1. The number of rotatable bonds is 7. The van der Waals surface area contributed by atoms with E-state index in [1.54, 1.807) is 83.6 Å². The van der Waals surface area contributed by atoms with Crippen molar-refractivity contribution in [1.29, 1.82) is 0 Å². The topological polar surface area (TPSA) is 133 Å². The van der Waals surface area contributed by atoms with Crippen molar-refractivity contribution in [3.63, 3.8) is 0 Å². The van der Waals surface area contributed by atoms with Crippen molar-refractivity contribution >= 4 is 34.7 Å². The second kappa shape index (κ2) is 10.7. The summed E-state index contributed by atoms with van der Waals surface area (Å²) in [6.07, 6.45) is 9.83. The molecule has 6 aromatic rings. The lowest BCUT2D eigenvalue weighted by atomic mass is 10.1. The van der Waals surface area contributed by atoms with Crippen LogP contribution >= 0.6 is 11.6 Å². The van der Waals surface area contributed by atoms with E-state index in [2.05, 4.69) is 35.8 Å². The van der Waals surface area contributed by atoms with Crippen molar-refractivity contribution in [2.24, 2.45) is 0 Å². The first kappa shape index (κ1) is 24.8. The lowest BCUT2D eigenvalue weighted by Crippen LogP contribution is -2.20. The van der Waals surface area contributed by atoms with Crippen LogP contribution in [0.5, 0.6) is 17.6 Å². The Hall–Kier alpha value is -5.49. The van der Waals surface area contributed by atoms with Gasteiger partial charge in [0.15, 0.2) is 5.65 Å². The first-order valence-electron chi connectivity index (χ1n) is 11.9. The van der Waals surface area contributed by atoms with Gasteiger partial charge in [0.2, 0.25) is 5.88 Å². The van der Waals surface area contributed by atoms with E-state index < -0.39 is 6.03 Å². The van der Waals surface area contributed by atoms with E-state index >= 15 is 0 Å². The Balaban J connectivity index is 1.10. The summed E-state index contributed by atoms with van der Waals surface area (Å²) in [5.41, 5.74) is 3.95. The zero-order valence-corrected chi connectivity index (χ0v) is 21.6. The number of ether oxygens (including phenoxy) is 2. The number of carbonyl (C=O) groups is 1. The Kier molecular flexibility index (Phi) is 6.65. The predicted octanol–water partition coefficient (Wildman–Crippen LogP) is 5.47. The van der Waals surface area contributed by atoms with Crippen molar-refractivity contribution < 1.29 is 14.3 Å². The number of carbonyl (C=O) groups excluding carboxylic acids is 1. The van der Waals surface area contributed by atoms with Gasteiger partial charge in [-0.1, -0.05) is 23.7 Å². The average molecular weight is 554 g/mol. The second-order valence-electron chi connectivity index (χ2n) is 8.37. The maximum absolute atomic E-state index is 12.6. The predicted molar refractivity (Wildman–Crippen MR) is 148 cm³/mol. The molecule has 0 atom stereocenters. The van der Waals surface area contributed by atoms with Gasteiger partial charge in [-0.3, -0.25) is 0 Å². The Morgan fingerprint density at radius 2 is 1.77 bits per heavy atom. The summed E-state index contributed by atoms with van der Waals surface area (Å²) in [6.45, 7) is 0. The van der Waals surface area contributed by atoms with Crippen LogP contribution in [0.2, 0.25) is 5.02 Å². The number of amides is 2. The quantitative estimate of drug-likeness (QED) is 0.266. The standard InChI is InChI=1S/C27H20ClN9O3/c1-39-24-9-12-37-25(35-24)21(16-32-37)17-3-6-20(7-4-17)40-27-29-14-19(15-30-27)33-26(38)34-22-13-18(28)5-8-23(22)36-11-2-10-31-36/h2-16H,1H3,(H2,33,34,38). The van der Waals surface area contributed by atoms with Gasteiger partial charge in [-0.05, 0) is 42.0 Å². The monoisotopic (exact) mass is 553 g/mol. The minimum Gasteiger partial charge on any atom is -0.481 e. The molecular weight excluding hydrogens is 534 g/mol. The van der Waals surface area contributed by atoms with Gasteiger partial charge in [0, 0.05) is 35.2 Å². The van der Waals surface area contributed by atoms with E-state index in [1.165, 1.54) is 12.4 Å². The zero-order chi connectivity index (χ0) is 27.5. The number of hydrogen-bond acceptors (Lipinski definition) is 8. The van der Waals surface area contributed by atoms with Crippen molar-refractivity contribution in [1.82, 2.24) is 34.3 Å². The molecule has 198 valence electrons. The highest BCUT2D eigenvalue weighted by molar-refractivity contribution is 6.31. The molecule has 13 heteroatoms. The van der Waals surface area contributed by atoms with Crippen LogP contribution in [0.25, 0.3) is 22.5 Å². The molecule has 0 radical (unpaired) electrons. The van der Waals surface area contributed by atoms with Gasteiger partial charge in [-0.15, -0.1) is 0 Å². The van der Waals surface area contributed by atoms with E-state index in [1.807, 2.05) is 12.1 Å². The maximum Gasteiger partial charge on any atom is 0.323 e. The molecule has 0 bridgehead atoms. The number of hydrogen-bond donors (Lipinski definition) is 2. The normalized spacial score (nSPS) is 10.8. The second-order valence-corrected chi connectivity index (χ2v) is 8.80. The van der Waals surface area contributed by atoms with Crippen molar-refractivity contribution in [3.8, 4) is 34.5 Å². The molecule has 0 fully saturated rings. The van der Waals surface area contributed by atoms with Gasteiger partial charge in [0.25, 0.3) is 0 Å². The van der Waals surface area contributed by atoms with Crippen molar-refractivity contribution in [2.45, 2.75) is 0 Å². The van der Waals surface area contributed by atoms with E-state index in [-0.39, 0.29) is 6.01 Å². The van der Waals surface area contributed by atoms with Crippen LogP contribution in [0.4, 0.5) is 16.2 Å². The molecule has 0 aliphatic carbocycles. The Morgan fingerprint density at radius 3 is 2.52 bits per heavy atom. The highest BCUT2D eigenvalue weighted by Crippen LogP contribution is 2.28. The fraction of sp³-hybridized carbons (Fsp3) is 0.0370. The summed E-state index contributed by atoms with van der Waals surface area (Å²) in [5, 5.41) is 14.5. The van der Waals surface area contributed by atoms with Gasteiger partial charge in [0.1, 0.15) is 5.75 Å². The van der Waals surface area contributed by atoms with Gasteiger partial charge in [-0.25, -0.2) is 24.0 Å². The van der Waals surface area contributed by atoms with Crippen LogP contribution < -0.4 is 20.1 Å². The molecule has 0 aliphatic rings. The van der Waals surface area contributed by atoms with Crippen molar-refractivity contribution in [3.05, 3.63) is 96.8 Å². The van der Waals surface area contributed by atoms with Crippen LogP contribution in [0.15, 0.2) is 91.8 Å². The molecule has 4 heterocycles. The van der Waals surface area contributed by atoms with Gasteiger partial charge in [-0.2, -0.15) is 15.2 Å². The third-order valence-electron chi connectivity index (χ3n) is 5.77. The number of benzene rings is 2. The molecular formula is C27H20ClN9O3. The number of nitrogens with zero attached hydrogens (tertiary/aromatic N) is 7. The molecule has 2 amide bonds.